The van der Waals surface area contributed by atoms with E-state index >= 15 is 0 Å². The second kappa shape index (κ2) is 47.0. The molecule has 0 aromatic rings. The molecular formula is C53H86O6. The summed E-state index contributed by atoms with van der Waals surface area (Å²) in [5.41, 5.74) is 0. The van der Waals surface area contributed by atoms with Gasteiger partial charge in [0.15, 0.2) is 6.10 Å². The van der Waals surface area contributed by atoms with Gasteiger partial charge >= 0.3 is 17.9 Å². The molecular weight excluding hydrogens is 733 g/mol. The highest BCUT2D eigenvalue weighted by atomic mass is 16.6. The van der Waals surface area contributed by atoms with E-state index in [1.54, 1.807) is 0 Å². The first-order chi connectivity index (χ1) is 29.0. The molecule has 0 amide bonds. The molecule has 0 radical (unpaired) electrons. The Morgan fingerprint density at radius 2 is 0.746 bits per heavy atom. The number of rotatable bonds is 41. The Morgan fingerprint density at radius 3 is 1.29 bits per heavy atom. The van der Waals surface area contributed by atoms with E-state index in [0.29, 0.717) is 19.3 Å². The van der Waals surface area contributed by atoms with Crippen LogP contribution in [0.5, 0.6) is 0 Å². The molecule has 0 spiro atoms. The fourth-order valence-electron chi connectivity index (χ4n) is 6.02. The van der Waals surface area contributed by atoms with Crippen molar-refractivity contribution < 1.29 is 28.6 Å². The van der Waals surface area contributed by atoms with E-state index in [-0.39, 0.29) is 37.5 Å². The first-order valence-corrected chi connectivity index (χ1v) is 23.8. The van der Waals surface area contributed by atoms with Crippen LogP contribution in [0.4, 0.5) is 0 Å². The second-order valence-electron chi connectivity index (χ2n) is 15.4. The zero-order valence-electron chi connectivity index (χ0n) is 38.0. The predicted octanol–water partition coefficient (Wildman–Crippen LogP) is 15.4. The van der Waals surface area contributed by atoms with E-state index in [0.717, 1.165) is 109 Å². The van der Waals surface area contributed by atoms with Gasteiger partial charge in [-0.05, 0) is 96.3 Å². The molecule has 1 unspecified atom stereocenters. The van der Waals surface area contributed by atoms with Gasteiger partial charge in [0.05, 0.1) is 0 Å². The molecule has 0 aliphatic heterocycles. The molecule has 0 saturated heterocycles. The molecule has 0 rings (SSSR count). The van der Waals surface area contributed by atoms with Crippen LogP contribution in [-0.4, -0.2) is 37.2 Å². The standard InChI is InChI=1S/C53H86O6/c1-4-7-10-13-16-19-22-24-25-26-27-28-29-32-34-37-40-43-46-52(55)58-49-50(48-57-51(54)45-42-39-36-33-30-21-18-15-12-9-6-3)59-53(56)47-44-41-38-35-31-23-20-17-14-11-8-5-2/h8,11,15,17-18,20-22,24-28,30-31,35,50H,4-7,9-10,12-14,16,19,23,29,32-34,36-49H2,1-3H3/b11-8-,18-15-,20-17-,24-22-,26-25-,28-27-,30-21-,35-31-. The molecule has 0 aliphatic rings. The van der Waals surface area contributed by atoms with Crippen molar-refractivity contribution in [1.29, 1.82) is 0 Å². The van der Waals surface area contributed by atoms with E-state index < -0.39 is 6.10 Å². The third-order valence-corrected chi connectivity index (χ3v) is 9.63. The number of unbranched alkanes of at least 4 members (excludes halogenated alkanes) is 17. The van der Waals surface area contributed by atoms with Crippen LogP contribution in [0.3, 0.4) is 0 Å². The lowest BCUT2D eigenvalue weighted by Crippen LogP contribution is -2.30. The molecule has 1 atom stereocenters. The number of hydrogen-bond acceptors (Lipinski definition) is 6. The minimum atomic E-state index is -0.816. The Morgan fingerprint density at radius 1 is 0.373 bits per heavy atom. The normalized spacial score (nSPS) is 12.9. The van der Waals surface area contributed by atoms with Gasteiger partial charge in [-0.25, -0.2) is 0 Å². The first kappa shape index (κ1) is 55.3. The van der Waals surface area contributed by atoms with Gasteiger partial charge in [-0.15, -0.1) is 0 Å². The number of carbonyl (C=O) groups is 3. The maximum atomic E-state index is 12.7. The van der Waals surface area contributed by atoms with Crippen molar-refractivity contribution in [2.24, 2.45) is 0 Å². The van der Waals surface area contributed by atoms with Crippen LogP contribution in [0.2, 0.25) is 0 Å². The third-order valence-electron chi connectivity index (χ3n) is 9.63. The van der Waals surface area contributed by atoms with Gasteiger partial charge in [-0.3, -0.25) is 14.4 Å². The van der Waals surface area contributed by atoms with Gasteiger partial charge in [0, 0.05) is 19.3 Å². The smallest absolute Gasteiger partial charge is 0.306 e. The van der Waals surface area contributed by atoms with Crippen LogP contribution in [0.15, 0.2) is 97.2 Å². The largest absolute Gasteiger partial charge is 0.462 e. The Hall–Kier alpha value is -3.67. The van der Waals surface area contributed by atoms with E-state index in [4.69, 9.17) is 14.2 Å². The molecule has 0 fully saturated rings. The maximum Gasteiger partial charge on any atom is 0.306 e. The molecule has 0 bridgehead atoms. The van der Waals surface area contributed by atoms with Crippen molar-refractivity contribution >= 4 is 17.9 Å². The summed E-state index contributed by atoms with van der Waals surface area (Å²) < 4.78 is 16.6. The Kier molecular flexibility index (Phi) is 44.1. The number of carbonyl (C=O) groups excluding carboxylic acids is 3. The minimum Gasteiger partial charge on any atom is -0.462 e. The summed E-state index contributed by atoms with van der Waals surface area (Å²) in [4.78, 5) is 37.8. The van der Waals surface area contributed by atoms with Gasteiger partial charge in [0.1, 0.15) is 13.2 Å². The quantitative estimate of drug-likeness (QED) is 0.0201. The third kappa shape index (κ3) is 45.3. The lowest BCUT2D eigenvalue weighted by atomic mass is 10.1. The van der Waals surface area contributed by atoms with Crippen molar-refractivity contribution in [2.75, 3.05) is 13.2 Å². The zero-order chi connectivity index (χ0) is 43.0. The van der Waals surface area contributed by atoms with Crippen molar-refractivity contribution in [3.8, 4) is 0 Å². The monoisotopic (exact) mass is 819 g/mol. The summed E-state index contributed by atoms with van der Waals surface area (Å²) in [6.07, 6.45) is 61.1. The van der Waals surface area contributed by atoms with Crippen molar-refractivity contribution in [1.82, 2.24) is 0 Å². The van der Waals surface area contributed by atoms with E-state index in [2.05, 4.69) is 118 Å². The zero-order valence-corrected chi connectivity index (χ0v) is 38.0. The van der Waals surface area contributed by atoms with Gasteiger partial charge in [-0.2, -0.15) is 0 Å². The first-order valence-electron chi connectivity index (χ1n) is 23.8. The molecule has 334 valence electrons. The topological polar surface area (TPSA) is 78.9 Å². The number of allylic oxidation sites excluding steroid dienone is 16. The number of ether oxygens (including phenoxy) is 3. The van der Waals surface area contributed by atoms with E-state index in [1.807, 2.05) is 0 Å². The summed E-state index contributed by atoms with van der Waals surface area (Å²) in [7, 11) is 0. The Balaban J connectivity index is 4.49. The molecule has 0 aliphatic carbocycles. The summed E-state index contributed by atoms with van der Waals surface area (Å²) in [5, 5.41) is 0. The predicted molar refractivity (Wildman–Crippen MR) is 251 cm³/mol. The van der Waals surface area contributed by atoms with E-state index in [1.165, 1.54) is 44.9 Å². The van der Waals surface area contributed by atoms with Gasteiger partial charge in [0.25, 0.3) is 0 Å². The molecule has 6 heteroatoms. The molecule has 0 saturated carbocycles. The molecule has 0 aromatic carbocycles. The van der Waals surface area contributed by atoms with Crippen molar-refractivity contribution in [3.63, 3.8) is 0 Å². The van der Waals surface area contributed by atoms with Crippen LogP contribution in [0.25, 0.3) is 0 Å². The minimum absolute atomic E-state index is 0.114. The van der Waals surface area contributed by atoms with Gasteiger partial charge in [-0.1, -0.05) is 182 Å². The van der Waals surface area contributed by atoms with Crippen molar-refractivity contribution in [3.05, 3.63) is 97.2 Å². The fourth-order valence-corrected chi connectivity index (χ4v) is 6.02. The second-order valence-corrected chi connectivity index (χ2v) is 15.4. The maximum absolute atomic E-state index is 12.7. The average molecular weight is 819 g/mol. The summed E-state index contributed by atoms with van der Waals surface area (Å²) in [6.45, 7) is 6.35. The van der Waals surface area contributed by atoms with Gasteiger partial charge in [0.2, 0.25) is 0 Å². The number of esters is 3. The lowest BCUT2D eigenvalue weighted by Gasteiger charge is -2.18. The number of hydrogen-bond donors (Lipinski definition) is 0. The fraction of sp³-hybridized carbons (Fsp3) is 0.642. The Labute approximate surface area is 362 Å². The van der Waals surface area contributed by atoms with Crippen LogP contribution in [0.1, 0.15) is 201 Å². The van der Waals surface area contributed by atoms with Crippen LogP contribution in [0, 0.1) is 0 Å². The van der Waals surface area contributed by atoms with E-state index in [9.17, 15) is 14.4 Å². The lowest BCUT2D eigenvalue weighted by molar-refractivity contribution is -0.167. The average Bonchev–Trinajstić information content (AvgIpc) is 3.23. The van der Waals surface area contributed by atoms with Crippen LogP contribution in [-0.2, 0) is 28.6 Å². The molecule has 59 heavy (non-hydrogen) atoms. The van der Waals surface area contributed by atoms with Gasteiger partial charge < -0.3 is 14.2 Å². The van der Waals surface area contributed by atoms with Crippen LogP contribution >= 0.6 is 0 Å². The molecule has 0 aromatic heterocycles. The van der Waals surface area contributed by atoms with Crippen molar-refractivity contribution in [2.45, 2.75) is 207 Å². The summed E-state index contributed by atoms with van der Waals surface area (Å²) >= 11 is 0. The summed E-state index contributed by atoms with van der Waals surface area (Å²) in [6, 6.07) is 0. The highest BCUT2D eigenvalue weighted by molar-refractivity contribution is 5.71. The molecule has 0 heterocycles. The summed E-state index contributed by atoms with van der Waals surface area (Å²) in [5.74, 6) is -1.01. The Bertz CT molecular complexity index is 1220. The SMILES string of the molecule is CC/C=C\C/C=C\C/C=C\CCCCC(=O)OC(COC(=O)CCCCC/C=C\C=C/CCCC)COC(=O)CCCCCCC\C=C/C=C\C=C/CCCCCCC. The highest BCUT2D eigenvalue weighted by Crippen LogP contribution is 2.11. The van der Waals surface area contributed by atoms with Crippen LogP contribution < -0.4 is 0 Å². The highest BCUT2D eigenvalue weighted by Gasteiger charge is 2.19. The molecule has 6 nitrogen and oxygen atoms in total. The molecule has 0 N–H and O–H groups in total.